The highest BCUT2D eigenvalue weighted by Crippen LogP contribution is 2.30. The van der Waals surface area contributed by atoms with Gasteiger partial charge in [0.25, 0.3) is 15.9 Å². The van der Waals surface area contributed by atoms with Crippen LogP contribution in [0.5, 0.6) is 5.75 Å². The summed E-state index contributed by atoms with van der Waals surface area (Å²) in [5.41, 5.74) is 1.08. The highest BCUT2D eigenvalue weighted by atomic mass is 32.2. The lowest BCUT2D eigenvalue weighted by molar-refractivity contribution is -0.0115. The number of hydrogen-bond donors (Lipinski definition) is 3. The molecule has 4 atom stereocenters. The fraction of sp³-hybridized carbons (Fsp3) is 0.385. The summed E-state index contributed by atoms with van der Waals surface area (Å²) in [6.45, 7) is 6.25. The quantitative estimate of drug-likeness (QED) is 0.187. The third-order valence-electron chi connectivity index (χ3n) is 9.19. The molecule has 0 aromatic heterocycles. The maximum atomic E-state index is 14.4. The molecule has 4 aromatic carbocycles. The number of aliphatic hydroxyl groups excluding tert-OH is 1. The van der Waals surface area contributed by atoms with Crippen LogP contribution >= 0.6 is 0 Å². The fourth-order valence-electron chi connectivity index (χ4n) is 6.16. The molecule has 272 valence electrons. The molecule has 0 bridgehead atoms. The van der Waals surface area contributed by atoms with E-state index in [9.17, 15) is 23.1 Å². The Morgan fingerprint density at radius 2 is 1.73 bits per heavy atom. The van der Waals surface area contributed by atoms with Crippen LogP contribution in [0.4, 0.5) is 16.2 Å². The monoisotopic (exact) mass is 716 g/mol. The Hall–Kier alpha value is -4.65. The second kappa shape index (κ2) is 17.0. The zero-order valence-corrected chi connectivity index (χ0v) is 30.4. The molecule has 51 heavy (non-hydrogen) atoms. The van der Waals surface area contributed by atoms with Gasteiger partial charge in [0.15, 0.2) is 0 Å². The molecule has 5 rings (SSSR count). The van der Waals surface area contributed by atoms with Crippen molar-refractivity contribution >= 4 is 44.1 Å². The van der Waals surface area contributed by atoms with Crippen LogP contribution in [-0.4, -0.2) is 86.9 Å². The number of nitrogens with zero attached hydrogens (tertiary/aromatic N) is 2. The van der Waals surface area contributed by atoms with E-state index in [1.54, 1.807) is 54.1 Å². The number of carbonyl (C=O) groups is 2. The molecule has 1 aliphatic heterocycles. The number of carbonyl (C=O) groups excluding carboxylic acids is 2. The van der Waals surface area contributed by atoms with Crippen LogP contribution in [0.2, 0.25) is 0 Å². The largest absolute Gasteiger partial charge is 0.490 e. The number of rotatable bonds is 8. The summed E-state index contributed by atoms with van der Waals surface area (Å²) >= 11 is 0. The second-order valence-corrected chi connectivity index (χ2v) is 14.9. The first kappa shape index (κ1) is 37.6. The Bertz CT molecular complexity index is 1900. The normalized spacial score (nSPS) is 19.7. The minimum Gasteiger partial charge on any atom is -0.490 e. The number of ether oxygens (including phenoxy) is 2. The molecule has 4 aromatic rings. The second-order valence-electron chi connectivity index (χ2n) is 13.3. The number of fused-ring (bicyclic) bond motifs is 2. The molecule has 0 unspecified atom stereocenters. The Morgan fingerprint density at radius 3 is 2.49 bits per heavy atom. The summed E-state index contributed by atoms with van der Waals surface area (Å²) in [6, 6.07) is 25.4. The van der Waals surface area contributed by atoms with Gasteiger partial charge in [0.05, 0.1) is 41.0 Å². The van der Waals surface area contributed by atoms with Gasteiger partial charge in [0.2, 0.25) is 0 Å². The number of nitrogens with one attached hydrogen (secondary N) is 2. The Morgan fingerprint density at radius 1 is 1.00 bits per heavy atom. The number of hydrogen-bond acceptors (Lipinski definition) is 7. The molecule has 1 heterocycles. The summed E-state index contributed by atoms with van der Waals surface area (Å²) in [7, 11) is -2.21. The molecule has 0 fully saturated rings. The molecule has 0 saturated heterocycles. The van der Waals surface area contributed by atoms with Crippen LogP contribution in [0.3, 0.4) is 0 Å². The average Bonchev–Trinajstić information content (AvgIpc) is 3.13. The number of urea groups is 1. The van der Waals surface area contributed by atoms with Gasteiger partial charge in [0.1, 0.15) is 5.75 Å². The lowest BCUT2D eigenvalue weighted by Gasteiger charge is -2.35. The summed E-state index contributed by atoms with van der Waals surface area (Å²) in [5, 5.41) is 15.3. The number of likely N-dealkylation sites (N-methyl/N-ethyl adjacent to an activating group) is 1. The smallest absolute Gasteiger partial charge is 0.321 e. The van der Waals surface area contributed by atoms with Crippen LogP contribution in [0.1, 0.15) is 50.4 Å². The predicted octanol–water partition coefficient (Wildman–Crippen LogP) is 6.60. The molecule has 0 spiro atoms. The van der Waals surface area contributed by atoms with Crippen molar-refractivity contribution in [3.63, 3.8) is 0 Å². The van der Waals surface area contributed by atoms with Gasteiger partial charge >= 0.3 is 6.03 Å². The highest BCUT2D eigenvalue weighted by Gasteiger charge is 2.31. The van der Waals surface area contributed by atoms with E-state index in [4.69, 9.17) is 9.47 Å². The van der Waals surface area contributed by atoms with Gasteiger partial charge in [-0.1, -0.05) is 61.5 Å². The highest BCUT2D eigenvalue weighted by molar-refractivity contribution is 7.92. The van der Waals surface area contributed by atoms with E-state index in [-0.39, 0.29) is 53.9 Å². The molecular formula is C39H48N4O7S. The van der Waals surface area contributed by atoms with Crippen molar-refractivity contribution in [1.29, 1.82) is 0 Å². The first-order valence-electron chi connectivity index (χ1n) is 17.4. The maximum Gasteiger partial charge on any atom is 0.321 e. The SMILES string of the molecule is C[C@@H]1CCCCO[C@H](CN(C)C(=O)Nc2cccc3ccccc23)[C@@H](C)CN([C@H](C)CO)C(=O)c2cc(NS(=O)(=O)c3ccccc3)ccc2O1. The predicted molar refractivity (Wildman–Crippen MR) is 200 cm³/mol. The van der Waals surface area contributed by atoms with E-state index in [0.29, 0.717) is 24.5 Å². The van der Waals surface area contributed by atoms with Crippen molar-refractivity contribution in [3.8, 4) is 5.75 Å². The fourth-order valence-corrected chi connectivity index (χ4v) is 7.23. The van der Waals surface area contributed by atoms with E-state index in [1.807, 2.05) is 56.3 Å². The first-order chi connectivity index (χ1) is 24.5. The van der Waals surface area contributed by atoms with E-state index in [1.165, 1.54) is 18.2 Å². The number of benzene rings is 4. The van der Waals surface area contributed by atoms with Gasteiger partial charge < -0.3 is 29.7 Å². The summed E-state index contributed by atoms with van der Waals surface area (Å²) < 4.78 is 41.6. The minimum absolute atomic E-state index is 0.0902. The number of amides is 3. The van der Waals surface area contributed by atoms with Crippen molar-refractivity contribution in [1.82, 2.24) is 9.80 Å². The van der Waals surface area contributed by atoms with Gasteiger partial charge in [-0.15, -0.1) is 0 Å². The van der Waals surface area contributed by atoms with Gasteiger partial charge in [-0.2, -0.15) is 0 Å². The van der Waals surface area contributed by atoms with E-state index >= 15 is 0 Å². The van der Waals surface area contributed by atoms with Gasteiger partial charge in [-0.05, 0) is 74.9 Å². The van der Waals surface area contributed by atoms with Crippen molar-refractivity contribution < 1.29 is 32.6 Å². The van der Waals surface area contributed by atoms with E-state index in [2.05, 4.69) is 10.0 Å². The number of anilines is 2. The lowest BCUT2D eigenvalue weighted by Crippen LogP contribution is -2.48. The molecule has 12 heteroatoms. The molecule has 0 aliphatic carbocycles. The average molecular weight is 717 g/mol. The summed E-state index contributed by atoms with van der Waals surface area (Å²) in [5.74, 6) is -0.362. The summed E-state index contributed by atoms with van der Waals surface area (Å²) in [4.78, 5) is 31.1. The topological polar surface area (TPSA) is 138 Å². The third-order valence-corrected chi connectivity index (χ3v) is 10.6. The Balaban J connectivity index is 1.40. The van der Waals surface area contributed by atoms with Crippen LogP contribution in [0, 0.1) is 5.92 Å². The molecule has 1 aliphatic rings. The van der Waals surface area contributed by atoms with Crippen molar-refractivity contribution in [2.24, 2.45) is 5.92 Å². The molecule has 0 saturated carbocycles. The van der Waals surface area contributed by atoms with Crippen molar-refractivity contribution in [3.05, 3.63) is 96.6 Å². The third kappa shape index (κ3) is 9.57. The van der Waals surface area contributed by atoms with E-state index in [0.717, 1.165) is 23.6 Å². The first-order valence-corrected chi connectivity index (χ1v) is 18.9. The van der Waals surface area contributed by atoms with Crippen molar-refractivity contribution in [2.45, 2.75) is 63.2 Å². The van der Waals surface area contributed by atoms with E-state index < -0.39 is 28.1 Å². The number of aliphatic hydroxyl groups is 1. The minimum atomic E-state index is -3.93. The van der Waals surface area contributed by atoms with Gasteiger partial charge in [-0.25, -0.2) is 13.2 Å². The Kier molecular flexibility index (Phi) is 12.6. The molecule has 3 amide bonds. The molecule has 0 radical (unpaired) electrons. The van der Waals surface area contributed by atoms with Gasteiger partial charge in [0, 0.05) is 43.7 Å². The standard InChI is InChI=1S/C39H48N4O7S/c1-27-24-43(28(2)26-44)38(45)34-23-31(41-51(47,48)32-16-6-5-7-17-32)20-21-36(34)50-29(3)13-10-11-22-49-37(27)25-42(4)39(46)40-35-19-12-15-30-14-8-9-18-33(30)35/h5-9,12,14-21,23,27-29,37,41,44H,10-11,13,22,24-26H2,1-4H3,(H,40,46)/t27-,28+,29+,37+/m0/s1. The molecule has 3 N–H and O–H groups in total. The lowest BCUT2D eigenvalue weighted by atomic mass is 10.0. The van der Waals surface area contributed by atoms with Crippen LogP contribution in [-0.2, 0) is 14.8 Å². The Labute approximate surface area is 300 Å². The number of sulfonamides is 1. The van der Waals surface area contributed by atoms with Gasteiger partial charge in [-0.3, -0.25) is 9.52 Å². The summed E-state index contributed by atoms with van der Waals surface area (Å²) in [6.07, 6.45) is 1.60. The van der Waals surface area contributed by atoms with Crippen LogP contribution < -0.4 is 14.8 Å². The molecular weight excluding hydrogens is 669 g/mol. The van der Waals surface area contributed by atoms with Crippen LogP contribution in [0.15, 0.2) is 95.9 Å². The molecule has 11 nitrogen and oxygen atoms in total. The van der Waals surface area contributed by atoms with Crippen LogP contribution in [0.25, 0.3) is 10.8 Å². The van der Waals surface area contributed by atoms with Crippen molar-refractivity contribution in [2.75, 3.05) is 43.4 Å². The zero-order valence-electron chi connectivity index (χ0n) is 29.6. The zero-order chi connectivity index (χ0) is 36.5. The maximum absolute atomic E-state index is 14.4.